The average Bonchev–Trinajstić information content (AvgIpc) is 2.60. The van der Waals surface area contributed by atoms with Crippen LogP contribution in [0.15, 0.2) is 45.8 Å². The van der Waals surface area contributed by atoms with Crippen molar-refractivity contribution in [2.45, 2.75) is 38.5 Å². The van der Waals surface area contributed by atoms with Gasteiger partial charge in [-0.25, -0.2) is 8.42 Å². The molecule has 2 aromatic carbocycles. The van der Waals surface area contributed by atoms with Crippen LogP contribution in [0.5, 0.6) is 0 Å². The second-order valence-corrected chi connectivity index (χ2v) is 10.2. The molecule has 1 atom stereocenters. The van der Waals surface area contributed by atoms with Crippen LogP contribution in [-0.4, -0.2) is 31.7 Å². The first-order valence-electron chi connectivity index (χ1n) is 9.33. The normalized spacial score (nSPS) is 18.1. The standard InChI is InChI=1S/C21H25BrN2O3S/c1-14-10-15(2)20(16(3)11-14)28(26,27)24-9-5-6-17(13-24)21(25)23-19-8-4-7-18(22)12-19/h4,7-8,10-12,17H,5-6,9,13H2,1-3H3,(H,23,25)/t17-/m0/s1. The molecule has 1 amide bonds. The first-order chi connectivity index (χ1) is 13.2. The molecule has 0 saturated carbocycles. The summed E-state index contributed by atoms with van der Waals surface area (Å²) < 4.78 is 28.9. The maximum atomic E-state index is 13.3. The van der Waals surface area contributed by atoms with E-state index in [9.17, 15) is 13.2 Å². The van der Waals surface area contributed by atoms with Gasteiger partial charge in [-0.1, -0.05) is 39.7 Å². The number of aryl methyl sites for hydroxylation is 3. The van der Waals surface area contributed by atoms with E-state index in [-0.39, 0.29) is 18.4 Å². The number of carbonyl (C=O) groups is 1. The second-order valence-electron chi connectivity index (χ2n) is 7.43. The summed E-state index contributed by atoms with van der Waals surface area (Å²) in [4.78, 5) is 13.1. The van der Waals surface area contributed by atoms with Crippen molar-refractivity contribution in [2.24, 2.45) is 5.92 Å². The Balaban J connectivity index is 1.80. The predicted octanol–water partition coefficient (Wildman–Crippen LogP) is 4.41. The Bertz CT molecular complexity index is 981. The van der Waals surface area contributed by atoms with Gasteiger partial charge in [-0.3, -0.25) is 4.79 Å². The largest absolute Gasteiger partial charge is 0.326 e. The summed E-state index contributed by atoms with van der Waals surface area (Å²) in [6, 6.07) is 11.2. The first-order valence-corrected chi connectivity index (χ1v) is 11.6. The fraction of sp³-hybridized carbons (Fsp3) is 0.381. The number of anilines is 1. The number of nitrogens with one attached hydrogen (secondary N) is 1. The van der Waals surface area contributed by atoms with E-state index in [1.165, 1.54) is 4.31 Å². The molecule has 0 bridgehead atoms. The van der Waals surface area contributed by atoms with Gasteiger partial charge in [0.05, 0.1) is 10.8 Å². The van der Waals surface area contributed by atoms with Gasteiger partial charge in [0.2, 0.25) is 15.9 Å². The molecule has 2 aromatic rings. The van der Waals surface area contributed by atoms with Crippen LogP contribution in [-0.2, 0) is 14.8 Å². The molecule has 1 fully saturated rings. The summed E-state index contributed by atoms with van der Waals surface area (Å²) in [7, 11) is -3.64. The van der Waals surface area contributed by atoms with Crippen LogP contribution in [0, 0.1) is 26.7 Å². The summed E-state index contributed by atoms with van der Waals surface area (Å²) in [5, 5.41) is 2.90. The molecule has 1 aliphatic heterocycles. The smallest absolute Gasteiger partial charge is 0.243 e. The molecule has 3 rings (SSSR count). The number of halogens is 1. The molecule has 0 radical (unpaired) electrons. The molecule has 28 heavy (non-hydrogen) atoms. The van der Waals surface area contributed by atoms with Crippen LogP contribution >= 0.6 is 15.9 Å². The van der Waals surface area contributed by atoms with Crippen molar-refractivity contribution < 1.29 is 13.2 Å². The summed E-state index contributed by atoms with van der Waals surface area (Å²) >= 11 is 3.39. The van der Waals surface area contributed by atoms with E-state index in [4.69, 9.17) is 0 Å². The fourth-order valence-corrected chi connectivity index (χ4v) is 6.22. The van der Waals surface area contributed by atoms with Crippen molar-refractivity contribution in [1.29, 1.82) is 0 Å². The predicted molar refractivity (Wildman–Crippen MR) is 115 cm³/mol. The number of piperidine rings is 1. The highest BCUT2D eigenvalue weighted by Crippen LogP contribution is 2.29. The van der Waals surface area contributed by atoms with Crippen molar-refractivity contribution in [3.8, 4) is 0 Å². The Kier molecular flexibility index (Phi) is 6.27. The molecule has 7 heteroatoms. The lowest BCUT2D eigenvalue weighted by Crippen LogP contribution is -2.44. The van der Waals surface area contributed by atoms with E-state index >= 15 is 0 Å². The Morgan fingerprint density at radius 2 is 1.82 bits per heavy atom. The minimum atomic E-state index is -3.64. The average molecular weight is 465 g/mol. The fourth-order valence-electron chi connectivity index (χ4n) is 3.89. The molecular formula is C21H25BrN2O3S. The van der Waals surface area contributed by atoms with Gasteiger partial charge < -0.3 is 5.32 Å². The van der Waals surface area contributed by atoms with Gasteiger partial charge in [-0.2, -0.15) is 4.31 Å². The maximum absolute atomic E-state index is 13.3. The van der Waals surface area contributed by atoms with Gasteiger partial charge in [0.1, 0.15) is 0 Å². The number of rotatable bonds is 4. The van der Waals surface area contributed by atoms with E-state index in [1.807, 2.05) is 57.2 Å². The lowest BCUT2D eigenvalue weighted by Gasteiger charge is -2.32. The summed E-state index contributed by atoms with van der Waals surface area (Å²) in [6.45, 7) is 6.26. The third-order valence-electron chi connectivity index (χ3n) is 5.05. The lowest BCUT2D eigenvalue weighted by molar-refractivity contribution is -0.120. The highest BCUT2D eigenvalue weighted by molar-refractivity contribution is 9.10. The zero-order valence-corrected chi connectivity index (χ0v) is 18.7. The van der Waals surface area contributed by atoms with Crippen LogP contribution in [0.2, 0.25) is 0 Å². The minimum Gasteiger partial charge on any atom is -0.326 e. The topological polar surface area (TPSA) is 66.5 Å². The monoisotopic (exact) mass is 464 g/mol. The van der Waals surface area contributed by atoms with E-state index in [0.29, 0.717) is 30.0 Å². The van der Waals surface area contributed by atoms with Crippen molar-refractivity contribution >= 4 is 37.5 Å². The summed E-state index contributed by atoms with van der Waals surface area (Å²) in [5.41, 5.74) is 3.24. The molecule has 1 aliphatic rings. The number of benzene rings is 2. The molecule has 1 saturated heterocycles. The summed E-state index contributed by atoms with van der Waals surface area (Å²) in [6.07, 6.45) is 1.34. The molecule has 0 aliphatic carbocycles. The number of nitrogens with zero attached hydrogens (tertiary/aromatic N) is 1. The molecule has 1 N–H and O–H groups in total. The number of carbonyl (C=O) groups excluding carboxylic acids is 1. The van der Waals surface area contributed by atoms with Crippen LogP contribution in [0.4, 0.5) is 5.69 Å². The van der Waals surface area contributed by atoms with Gasteiger partial charge in [0.25, 0.3) is 0 Å². The Hall–Kier alpha value is -1.70. The quantitative estimate of drug-likeness (QED) is 0.728. The SMILES string of the molecule is Cc1cc(C)c(S(=O)(=O)N2CCC[C@H](C(=O)Nc3cccc(Br)c3)C2)c(C)c1. The zero-order chi connectivity index (χ0) is 20.5. The Labute approximate surface area is 175 Å². The van der Waals surface area contributed by atoms with E-state index in [2.05, 4.69) is 21.2 Å². The number of sulfonamides is 1. The van der Waals surface area contributed by atoms with E-state index < -0.39 is 10.0 Å². The van der Waals surface area contributed by atoms with Crippen molar-refractivity contribution in [3.63, 3.8) is 0 Å². The van der Waals surface area contributed by atoms with Crippen LogP contribution in [0.25, 0.3) is 0 Å². The molecule has 150 valence electrons. The molecule has 0 aromatic heterocycles. The molecule has 0 spiro atoms. The third-order valence-corrected chi connectivity index (χ3v) is 7.71. The molecule has 5 nitrogen and oxygen atoms in total. The van der Waals surface area contributed by atoms with Gasteiger partial charge in [0.15, 0.2) is 0 Å². The number of amides is 1. The third kappa shape index (κ3) is 4.47. The minimum absolute atomic E-state index is 0.143. The second kappa shape index (κ2) is 8.35. The van der Waals surface area contributed by atoms with Crippen molar-refractivity contribution in [3.05, 3.63) is 57.6 Å². The lowest BCUT2D eigenvalue weighted by atomic mass is 9.99. The van der Waals surface area contributed by atoms with Gasteiger partial charge in [-0.15, -0.1) is 0 Å². The number of hydrogen-bond acceptors (Lipinski definition) is 3. The van der Waals surface area contributed by atoms with Crippen molar-refractivity contribution in [2.75, 3.05) is 18.4 Å². The van der Waals surface area contributed by atoms with Crippen LogP contribution in [0.1, 0.15) is 29.5 Å². The number of hydrogen-bond donors (Lipinski definition) is 1. The molecule has 1 heterocycles. The Morgan fingerprint density at radius 1 is 1.14 bits per heavy atom. The molecular weight excluding hydrogens is 440 g/mol. The van der Waals surface area contributed by atoms with Gasteiger partial charge in [0, 0.05) is 23.2 Å². The van der Waals surface area contributed by atoms with Crippen LogP contribution in [0.3, 0.4) is 0 Å². The van der Waals surface area contributed by atoms with E-state index in [0.717, 1.165) is 21.2 Å². The van der Waals surface area contributed by atoms with Crippen LogP contribution < -0.4 is 5.32 Å². The zero-order valence-electron chi connectivity index (χ0n) is 16.3. The maximum Gasteiger partial charge on any atom is 0.243 e. The Morgan fingerprint density at radius 3 is 2.46 bits per heavy atom. The molecule has 0 unspecified atom stereocenters. The highest BCUT2D eigenvalue weighted by atomic mass is 79.9. The van der Waals surface area contributed by atoms with Crippen molar-refractivity contribution in [1.82, 2.24) is 4.31 Å². The van der Waals surface area contributed by atoms with Gasteiger partial charge >= 0.3 is 0 Å². The van der Waals surface area contributed by atoms with Gasteiger partial charge in [-0.05, 0) is 62.9 Å². The van der Waals surface area contributed by atoms with E-state index in [1.54, 1.807) is 0 Å². The summed E-state index contributed by atoms with van der Waals surface area (Å²) in [5.74, 6) is -0.510. The first kappa shape index (κ1) is 21.0. The highest BCUT2D eigenvalue weighted by Gasteiger charge is 2.34.